The summed E-state index contributed by atoms with van der Waals surface area (Å²) < 4.78 is 0. The molecule has 0 aliphatic carbocycles. The van der Waals surface area contributed by atoms with Crippen LogP contribution in [0.2, 0.25) is 0 Å². The smallest absolute Gasteiger partial charge is 0.303 e. The Hall–Kier alpha value is -1.84. The lowest BCUT2D eigenvalue weighted by molar-refractivity contribution is -0.136. The van der Waals surface area contributed by atoms with Crippen LogP contribution in [0.5, 0.6) is 0 Å². The topological polar surface area (TPSA) is 80.4 Å². The van der Waals surface area contributed by atoms with Gasteiger partial charge in [0.25, 0.3) is 0 Å². The maximum absolute atomic E-state index is 10.7. The van der Waals surface area contributed by atoms with Crippen LogP contribution in [0.15, 0.2) is 30.3 Å². The summed E-state index contributed by atoms with van der Waals surface area (Å²) >= 11 is 0. The normalized spacial score (nSPS) is 10.1. The van der Waals surface area contributed by atoms with Gasteiger partial charge in [0.05, 0.1) is 0 Å². The number of carboxylic acid groups (broad SMARTS) is 1. The number of aliphatic carboxylic acids is 1. The van der Waals surface area contributed by atoms with E-state index in [2.05, 4.69) is 0 Å². The van der Waals surface area contributed by atoms with Crippen LogP contribution in [0, 0.1) is 5.92 Å². The first-order valence-electron chi connectivity index (χ1n) is 6.52. The van der Waals surface area contributed by atoms with Crippen molar-refractivity contribution in [2.24, 2.45) is 11.7 Å². The van der Waals surface area contributed by atoms with Gasteiger partial charge in [0.1, 0.15) is 0 Å². The highest BCUT2D eigenvalue weighted by Gasteiger charge is 2.08. The average Bonchev–Trinajstić information content (AvgIpc) is 2.42. The Kier molecular flexibility index (Phi) is 12.9. The molecule has 0 aliphatic rings. The Morgan fingerprint density at radius 2 is 1.63 bits per heavy atom. The molecule has 0 bridgehead atoms. The van der Waals surface area contributed by atoms with Gasteiger partial charge in [-0.3, -0.25) is 9.59 Å². The molecule has 0 aliphatic heterocycles. The number of primary amides is 1. The van der Waals surface area contributed by atoms with Crippen LogP contribution in [0.4, 0.5) is 0 Å². The van der Waals surface area contributed by atoms with Gasteiger partial charge in [0, 0.05) is 12.3 Å². The van der Waals surface area contributed by atoms with Crippen molar-refractivity contribution in [1.29, 1.82) is 0 Å². The Bertz CT molecular complexity index is 350. The zero-order valence-corrected chi connectivity index (χ0v) is 12.2. The first-order valence-corrected chi connectivity index (χ1v) is 6.52. The van der Waals surface area contributed by atoms with E-state index in [1.807, 2.05) is 51.1 Å². The van der Waals surface area contributed by atoms with Gasteiger partial charge in [0.15, 0.2) is 0 Å². The second kappa shape index (κ2) is 12.6. The Morgan fingerprint density at radius 1 is 1.21 bits per heavy atom. The molecular formula is C15H25NO3. The van der Waals surface area contributed by atoms with Crippen LogP contribution in [0.3, 0.4) is 0 Å². The summed E-state index contributed by atoms with van der Waals surface area (Å²) in [6.07, 6.45) is 0.955. The monoisotopic (exact) mass is 267 g/mol. The van der Waals surface area contributed by atoms with E-state index in [0.29, 0.717) is 0 Å². The van der Waals surface area contributed by atoms with E-state index < -0.39 is 5.97 Å². The molecule has 0 saturated carbocycles. The highest BCUT2D eigenvalue weighted by atomic mass is 16.4. The van der Waals surface area contributed by atoms with Crippen molar-refractivity contribution < 1.29 is 14.7 Å². The van der Waals surface area contributed by atoms with Gasteiger partial charge < -0.3 is 10.8 Å². The molecule has 19 heavy (non-hydrogen) atoms. The fraction of sp³-hybridized carbons (Fsp3) is 0.467. The minimum Gasteiger partial charge on any atom is -0.481 e. The minimum atomic E-state index is -0.745. The van der Waals surface area contributed by atoms with E-state index in [1.54, 1.807) is 6.92 Å². The number of nitrogens with two attached hydrogens (primary N) is 1. The largest absolute Gasteiger partial charge is 0.481 e. The minimum absolute atomic E-state index is 0.0765. The maximum atomic E-state index is 10.7. The van der Waals surface area contributed by atoms with Crippen molar-refractivity contribution >= 4 is 11.9 Å². The number of amides is 1. The first kappa shape index (κ1) is 19.5. The molecule has 108 valence electrons. The summed E-state index contributed by atoms with van der Waals surface area (Å²) in [6.45, 7) is 7.44. The predicted octanol–water partition coefficient (Wildman–Crippen LogP) is 2.86. The van der Waals surface area contributed by atoms with Gasteiger partial charge in [-0.05, 0) is 12.0 Å². The first-order chi connectivity index (χ1) is 8.97. The molecule has 0 saturated heterocycles. The number of rotatable bonds is 4. The summed E-state index contributed by atoms with van der Waals surface area (Å²) in [5.74, 6) is -1.06. The summed E-state index contributed by atoms with van der Waals surface area (Å²) in [6, 6.07) is 9.88. The van der Waals surface area contributed by atoms with Crippen molar-refractivity contribution in [3.05, 3.63) is 35.9 Å². The summed E-state index contributed by atoms with van der Waals surface area (Å²) in [7, 11) is 0. The third-order valence-electron chi connectivity index (χ3n) is 2.17. The van der Waals surface area contributed by atoms with Crippen molar-refractivity contribution in [2.75, 3.05) is 0 Å². The molecule has 1 aromatic rings. The zero-order chi connectivity index (χ0) is 15.3. The lowest BCUT2D eigenvalue weighted by Gasteiger charge is -2.05. The number of hydrogen-bond donors (Lipinski definition) is 2. The number of carbonyl (C=O) groups excluding carboxylic acids is 1. The van der Waals surface area contributed by atoms with Crippen LogP contribution >= 0.6 is 0 Å². The molecule has 1 amide bonds. The van der Waals surface area contributed by atoms with E-state index in [4.69, 9.17) is 10.8 Å². The standard InChI is InChI=1S/C10H13NO.C3H6O2.C2H6/c1-8(10(11)12)7-9-5-3-2-4-6-9;1-2-3(4)5;1-2/h2-6,8H,7H2,1H3,(H2,11,12);2H2,1H3,(H,4,5);1-2H3. The Labute approximate surface area is 115 Å². The fourth-order valence-corrected chi connectivity index (χ4v) is 1.07. The van der Waals surface area contributed by atoms with Crippen molar-refractivity contribution in [2.45, 2.75) is 40.5 Å². The third kappa shape index (κ3) is 12.4. The number of carbonyl (C=O) groups is 2. The molecular weight excluding hydrogens is 242 g/mol. The average molecular weight is 267 g/mol. The number of benzene rings is 1. The summed E-state index contributed by atoms with van der Waals surface area (Å²) in [4.78, 5) is 20.1. The van der Waals surface area contributed by atoms with Crippen LogP contribution in [0.1, 0.15) is 39.7 Å². The number of hydrogen-bond acceptors (Lipinski definition) is 2. The predicted molar refractivity (Wildman–Crippen MR) is 77.8 cm³/mol. The van der Waals surface area contributed by atoms with E-state index in [0.717, 1.165) is 12.0 Å². The van der Waals surface area contributed by atoms with Crippen molar-refractivity contribution in [1.82, 2.24) is 0 Å². The van der Waals surface area contributed by atoms with Crippen LogP contribution in [-0.4, -0.2) is 17.0 Å². The maximum Gasteiger partial charge on any atom is 0.303 e. The lowest BCUT2D eigenvalue weighted by Crippen LogP contribution is -2.22. The molecule has 0 aromatic heterocycles. The van der Waals surface area contributed by atoms with E-state index >= 15 is 0 Å². The molecule has 4 nitrogen and oxygen atoms in total. The molecule has 0 radical (unpaired) electrons. The van der Waals surface area contributed by atoms with Gasteiger partial charge in [-0.25, -0.2) is 0 Å². The second-order valence-electron chi connectivity index (χ2n) is 3.74. The van der Waals surface area contributed by atoms with E-state index in [1.165, 1.54) is 0 Å². The SMILES string of the molecule is CC.CC(Cc1ccccc1)C(N)=O.CCC(=O)O. The van der Waals surface area contributed by atoms with Crippen LogP contribution < -0.4 is 5.73 Å². The highest BCUT2D eigenvalue weighted by molar-refractivity contribution is 5.76. The van der Waals surface area contributed by atoms with Gasteiger partial charge >= 0.3 is 5.97 Å². The third-order valence-corrected chi connectivity index (χ3v) is 2.17. The van der Waals surface area contributed by atoms with Crippen molar-refractivity contribution in [3.8, 4) is 0 Å². The zero-order valence-electron chi connectivity index (χ0n) is 12.2. The van der Waals surface area contributed by atoms with Crippen LogP contribution in [0.25, 0.3) is 0 Å². The Morgan fingerprint density at radius 3 is 1.95 bits per heavy atom. The van der Waals surface area contributed by atoms with E-state index in [9.17, 15) is 9.59 Å². The molecule has 1 rings (SSSR count). The van der Waals surface area contributed by atoms with Gasteiger partial charge in [-0.15, -0.1) is 0 Å². The summed E-state index contributed by atoms with van der Waals surface area (Å²) in [5, 5.41) is 7.72. The molecule has 1 unspecified atom stereocenters. The lowest BCUT2D eigenvalue weighted by atomic mass is 10.0. The number of carboxylic acids is 1. The van der Waals surface area contributed by atoms with Gasteiger partial charge in [0.2, 0.25) is 5.91 Å². The van der Waals surface area contributed by atoms with Gasteiger partial charge in [-0.2, -0.15) is 0 Å². The second-order valence-corrected chi connectivity index (χ2v) is 3.74. The van der Waals surface area contributed by atoms with Gasteiger partial charge in [-0.1, -0.05) is 58.0 Å². The van der Waals surface area contributed by atoms with E-state index in [-0.39, 0.29) is 18.2 Å². The summed E-state index contributed by atoms with van der Waals surface area (Å²) in [5.41, 5.74) is 6.30. The molecule has 3 N–H and O–H groups in total. The molecule has 1 aromatic carbocycles. The highest BCUT2D eigenvalue weighted by Crippen LogP contribution is 2.06. The molecule has 4 heteroatoms. The molecule has 1 atom stereocenters. The quantitative estimate of drug-likeness (QED) is 0.880. The molecule has 0 fully saturated rings. The molecule has 0 heterocycles. The fourth-order valence-electron chi connectivity index (χ4n) is 1.07. The Balaban J connectivity index is 0. The molecule has 0 spiro atoms. The van der Waals surface area contributed by atoms with Crippen LogP contribution in [-0.2, 0) is 16.0 Å². The van der Waals surface area contributed by atoms with Crippen molar-refractivity contribution in [3.63, 3.8) is 0 Å².